The summed E-state index contributed by atoms with van der Waals surface area (Å²) in [5.74, 6) is -0.710. The van der Waals surface area contributed by atoms with Crippen LogP contribution < -0.4 is 10.6 Å². The van der Waals surface area contributed by atoms with E-state index in [0.29, 0.717) is 37.7 Å². The summed E-state index contributed by atoms with van der Waals surface area (Å²) in [6.07, 6.45) is 0. The number of nitrogens with zero attached hydrogens (tertiary/aromatic N) is 1. The van der Waals surface area contributed by atoms with Crippen molar-refractivity contribution in [2.24, 2.45) is 0 Å². The molecule has 2 N–H and O–H groups in total. The van der Waals surface area contributed by atoms with E-state index in [4.69, 9.17) is 4.74 Å². The molecule has 0 unspecified atom stereocenters. The number of ether oxygens (including phenoxy) is 1. The number of rotatable bonds is 6. The number of sulfonamides is 1. The number of hydrogen-bond donors (Lipinski definition) is 2. The van der Waals surface area contributed by atoms with Gasteiger partial charge in [0.25, 0.3) is 0 Å². The summed E-state index contributed by atoms with van der Waals surface area (Å²) >= 11 is 0. The Balaban J connectivity index is 1.59. The summed E-state index contributed by atoms with van der Waals surface area (Å²) in [5, 5.41) is 5.57. The van der Waals surface area contributed by atoms with Gasteiger partial charge in [-0.3, -0.25) is 4.79 Å². The average molecular weight is 407 g/mol. The fourth-order valence-corrected chi connectivity index (χ4v) is 4.22. The van der Waals surface area contributed by atoms with E-state index in [9.17, 15) is 17.6 Å². The number of anilines is 2. The van der Waals surface area contributed by atoms with Gasteiger partial charge < -0.3 is 15.4 Å². The second-order valence-corrected chi connectivity index (χ2v) is 8.34. The standard InChI is InChI=1S/C19H22FN3O4S/c1-14-2-3-15(20)12-18(14)21-13-19(24)22-16-4-6-17(7-5-16)28(25,26)23-8-10-27-11-9-23/h2-7,12,21H,8-11,13H2,1H3,(H,22,24). The topological polar surface area (TPSA) is 87.7 Å². The highest BCUT2D eigenvalue weighted by Gasteiger charge is 2.26. The Labute approximate surface area is 163 Å². The quantitative estimate of drug-likeness (QED) is 0.767. The van der Waals surface area contributed by atoms with Gasteiger partial charge in [0.1, 0.15) is 5.82 Å². The second kappa shape index (κ2) is 8.68. The average Bonchev–Trinajstić information content (AvgIpc) is 2.70. The van der Waals surface area contributed by atoms with Crippen LogP contribution in [0.25, 0.3) is 0 Å². The fourth-order valence-electron chi connectivity index (χ4n) is 2.81. The van der Waals surface area contributed by atoms with E-state index in [1.807, 2.05) is 6.92 Å². The van der Waals surface area contributed by atoms with Crippen molar-refractivity contribution in [2.75, 3.05) is 43.5 Å². The van der Waals surface area contributed by atoms with Gasteiger partial charge in [0.15, 0.2) is 0 Å². The summed E-state index contributed by atoms with van der Waals surface area (Å²) < 4.78 is 45.0. The summed E-state index contributed by atoms with van der Waals surface area (Å²) in [5.41, 5.74) is 1.85. The number of morpholine rings is 1. The third kappa shape index (κ3) is 4.86. The molecular weight excluding hydrogens is 385 g/mol. The smallest absolute Gasteiger partial charge is 0.243 e. The minimum atomic E-state index is -3.57. The first-order valence-electron chi connectivity index (χ1n) is 8.84. The summed E-state index contributed by atoms with van der Waals surface area (Å²) in [7, 11) is -3.57. The fraction of sp³-hybridized carbons (Fsp3) is 0.316. The SMILES string of the molecule is Cc1ccc(F)cc1NCC(=O)Nc1ccc(S(=O)(=O)N2CCOCC2)cc1. The third-order valence-corrected chi connectivity index (χ3v) is 6.30. The van der Waals surface area contributed by atoms with E-state index < -0.39 is 10.0 Å². The number of amides is 1. The van der Waals surface area contributed by atoms with Crippen LogP contribution in [-0.4, -0.2) is 51.5 Å². The van der Waals surface area contributed by atoms with Crippen LogP contribution in [-0.2, 0) is 19.6 Å². The normalized spacial score (nSPS) is 15.2. The van der Waals surface area contributed by atoms with E-state index in [2.05, 4.69) is 10.6 Å². The molecule has 3 rings (SSSR count). The van der Waals surface area contributed by atoms with Gasteiger partial charge in [-0.2, -0.15) is 4.31 Å². The number of carbonyl (C=O) groups is 1. The second-order valence-electron chi connectivity index (χ2n) is 6.40. The van der Waals surface area contributed by atoms with E-state index in [1.54, 1.807) is 18.2 Å². The van der Waals surface area contributed by atoms with Gasteiger partial charge in [0.2, 0.25) is 15.9 Å². The van der Waals surface area contributed by atoms with Crippen molar-refractivity contribution in [3.63, 3.8) is 0 Å². The van der Waals surface area contributed by atoms with Crippen molar-refractivity contribution < 1.29 is 22.3 Å². The minimum absolute atomic E-state index is 0.0435. The van der Waals surface area contributed by atoms with E-state index >= 15 is 0 Å². The zero-order valence-corrected chi connectivity index (χ0v) is 16.3. The third-order valence-electron chi connectivity index (χ3n) is 4.38. The maximum atomic E-state index is 13.3. The highest BCUT2D eigenvalue weighted by molar-refractivity contribution is 7.89. The molecule has 0 atom stereocenters. The largest absolute Gasteiger partial charge is 0.379 e. The minimum Gasteiger partial charge on any atom is -0.379 e. The van der Waals surface area contributed by atoms with Gasteiger partial charge in [-0.15, -0.1) is 0 Å². The lowest BCUT2D eigenvalue weighted by molar-refractivity contribution is -0.114. The van der Waals surface area contributed by atoms with E-state index in [1.165, 1.54) is 28.6 Å². The van der Waals surface area contributed by atoms with Crippen LogP contribution in [0.15, 0.2) is 47.4 Å². The Morgan fingerprint density at radius 3 is 2.50 bits per heavy atom. The maximum absolute atomic E-state index is 13.3. The Kier molecular flexibility index (Phi) is 6.28. The molecule has 0 bridgehead atoms. The van der Waals surface area contributed by atoms with Crippen LogP contribution in [0.1, 0.15) is 5.56 Å². The lowest BCUT2D eigenvalue weighted by Gasteiger charge is -2.26. The molecule has 150 valence electrons. The van der Waals surface area contributed by atoms with Crippen LogP contribution in [0.4, 0.5) is 15.8 Å². The van der Waals surface area contributed by atoms with E-state index in [-0.39, 0.29) is 23.2 Å². The molecule has 9 heteroatoms. The number of aryl methyl sites for hydroxylation is 1. The highest BCUT2D eigenvalue weighted by Crippen LogP contribution is 2.20. The first-order chi connectivity index (χ1) is 13.4. The Morgan fingerprint density at radius 1 is 1.14 bits per heavy atom. The van der Waals surface area contributed by atoms with Gasteiger partial charge in [-0.25, -0.2) is 12.8 Å². The zero-order chi connectivity index (χ0) is 20.1. The molecule has 1 amide bonds. The number of halogens is 1. The maximum Gasteiger partial charge on any atom is 0.243 e. The van der Waals surface area contributed by atoms with Crippen molar-refractivity contribution in [3.8, 4) is 0 Å². The van der Waals surface area contributed by atoms with Gasteiger partial charge in [-0.05, 0) is 48.9 Å². The lowest BCUT2D eigenvalue weighted by Crippen LogP contribution is -2.40. The molecule has 0 radical (unpaired) electrons. The van der Waals surface area contributed by atoms with Crippen LogP contribution in [0.3, 0.4) is 0 Å². The predicted octanol–water partition coefficient (Wildman–Crippen LogP) is 2.21. The summed E-state index contributed by atoms with van der Waals surface area (Å²) in [6, 6.07) is 10.3. The van der Waals surface area contributed by atoms with Gasteiger partial charge in [0, 0.05) is 24.5 Å². The van der Waals surface area contributed by atoms with Gasteiger partial charge >= 0.3 is 0 Å². The molecule has 2 aromatic carbocycles. The molecule has 1 fully saturated rings. The first-order valence-corrected chi connectivity index (χ1v) is 10.3. The predicted molar refractivity (Wildman–Crippen MR) is 104 cm³/mol. The van der Waals surface area contributed by atoms with Crippen molar-refractivity contribution in [1.29, 1.82) is 0 Å². The molecule has 1 aliphatic heterocycles. The monoisotopic (exact) mass is 407 g/mol. The molecule has 0 aromatic heterocycles. The summed E-state index contributed by atoms with van der Waals surface area (Å²) in [4.78, 5) is 12.3. The van der Waals surface area contributed by atoms with Crippen LogP contribution >= 0.6 is 0 Å². The van der Waals surface area contributed by atoms with Crippen LogP contribution in [0, 0.1) is 12.7 Å². The summed E-state index contributed by atoms with van der Waals surface area (Å²) in [6.45, 7) is 3.18. The molecule has 1 heterocycles. The molecule has 2 aromatic rings. The van der Waals surface area contributed by atoms with Crippen molar-refractivity contribution in [3.05, 3.63) is 53.8 Å². The number of benzene rings is 2. The first kappa shape index (κ1) is 20.2. The Morgan fingerprint density at radius 2 is 1.82 bits per heavy atom. The van der Waals surface area contributed by atoms with Crippen molar-refractivity contribution in [2.45, 2.75) is 11.8 Å². The molecule has 28 heavy (non-hydrogen) atoms. The van der Waals surface area contributed by atoms with Crippen molar-refractivity contribution >= 4 is 27.3 Å². The van der Waals surface area contributed by atoms with Gasteiger partial charge in [0.05, 0.1) is 24.7 Å². The molecule has 7 nitrogen and oxygen atoms in total. The van der Waals surface area contributed by atoms with Crippen LogP contribution in [0.5, 0.6) is 0 Å². The molecule has 1 saturated heterocycles. The number of nitrogens with one attached hydrogen (secondary N) is 2. The van der Waals surface area contributed by atoms with Crippen molar-refractivity contribution in [1.82, 2.24) is 4.31 Å². The molecule has 0 saturated carbocycles. The molecule has 1 aliphatic rings. The zero-order valence-electron chi connectivity index (χ0n) is 15.4. The Hall–Kier alpha value is -2.49. The number of hydrogen-bond acceptors (Lipinski definition) is 5. The van der Waals surface area contributed by atoms with E-state index in [0.717, 1.165) is 5.56 Å². The lowest BCUT2D eigenvalue weighted by atomic mass is 10.2. The molecule has 0 aliphatic carbocycles. The Bertz CT molecular complexity index is 942. The van der Waals surface area contributed by atoms with Gasteiger partial charge in [-0.1, -0.05) is 6.07 Å². The van der Waals surface area contributed by atoms with Crippen LogP contribution in [0.2, 0.25) is 0 Å². The highest BCUT2D eigenvalue weighted by atomic mass is 32.2. The molecule has 0 spiro atoms. The molecular formula is C19H22FN3O4S. The number of carbonyl (C=O) groups excluding carboxylic acids is 1.